The minimum absolute atomic E-state index is 0.680. The molecule has 11 aromatic rings. The molecule has 0 aliphatic rings. The number of nitrogens with zero attached hydrogens (tertiary/aromatic N) is 2. The second-order valence-electron chi connectivity index (χ2n) is 14.6. The van der Waals surface area contributed by atoms with E-state index in [0.29, 0.717) is 5.82 Å². The van der Waals surface area contributed by atoms with Gasteiger partial charge in [0.15, 0.2) is 5.82 Å². The summed E-state index contributed by atoms with van der Waals surface area (Å²) >= 11 is 0. The van der Waals surface area contributed by atoms with Crippen molar-refractivity contribution in [2.75, 3.05) is 0 Å². The van der Waals surface area contributed by atoms with Crippen LogP contribution in [0.4, 0.5) is 0 Å². The average molecular weight is 727 g/mol. The average Bonchev–Trinajstić information content (AvgIpc) is 3.68. The van der Waals surface area contributed by atoms with Gasteiger partial charge in [-0.15, -0.1) is 0 Å². The summed E-state index contributed by atoms with van der Waals surface area (Å²) < 4.78 is 6.59. The van der Waals surface area contributed by atoms with E-state index in [2.05, 4.69) is 176 Å². The Labute approximate surface area is 330 Å². The summed E-state index contributed by atoms with van der Waals surface area (Å²) in [6.45, 7) is 0. The van der Waals surface area contributed by atoms with Crippen LogP contribution in [0.1, 0.15) is 0 Å². The molecule has 0 spiro atoms. The summed E-state index contributed by atoms with van der Waals surface area (Å²) in [5.41, 5.74) is 13.1. The first kappa shape index (κ1) is 32.8. The second-order valence-corrected chi connectivity index (χ2v) is 14.6. The van der Waals surface area contributed by atoms with Crippen molar-refractivity contribution in [1.29, 1.82) is 0 Å². The van der Waals surface area contributed by atoms with Crippen molar-refractivity contribution in [3.05, 3.63) is 206 Å². The fourth-order valence-electron chi connectivity index (χ4n) is 8.18. The molecule has 0 saturated carbocycles. The highest BCUT2D eigenvalue weighted by Crippen LogP contribution is 2.40. The molecule has 0 bridgehead atoms. The van der Waals surface area contributed by atoms with Gasteiger partial charge in [-0.05, 0) is 85.8 Å². The Morgan fingerprint density at radius 1 is 0.298 bits per heavy atom. The maximum atomic E-state index is 6.59. The summed E-state index contributed by atoms with van der Waals surface area (Å²) in [4.78, 5) is 10.5. The molecule has 0 aliphatic carbocycles. The van der Waals surface area contributed by atoms with E-state index in [9.17, 15) is 0 Å². The molecule has 57 heavy (non-hydrogen) atoms. The van der Waals surface area contributed by atoms with E-state index >= 15 is 0 Å². The van der Waals surface area contributed by atoms with E-state index in [-0.39, 0.29) is 0 Å². The zero-order valence-electron chi connectivity index (χ0n) is 30.9. The van der Waals surface area contributed by atoms with Crippen LogP contribution < -0.4 is 0 Å². The number of rotatable bonds is 6. The molecule has 3 heteroatoms. The van der Waals surface area contributed by atoms with Crippen molar-refractivity contribution < 1.29 is 4.42 Å². The van der Waals surface area contributed by atoms with Crippen LogP contribution in [-0.2, 0) is 0 Å². The van der Waals surface area contributed by atoms with Crippen LogP contribution in [0.5, 0.6) is 0 Å². The van der Waals surface area contributed by atoms with Gasteiger partial charge < -0.3 is 4.42 Å². The number of aromatic nitrogens is 2. The van der Waals surface area contributed by atoms with Crippen molar-refractivity contribution in [2.45, 2.75) is 0 Å². The van der Waals surface area contributed by atoms with Gasteiger partial charge in [-0.1, -0.05) is 170 Å². The first-order valence-electron chi connectivity index (χ1n) is 19.3. The molecule has 0 fully saturated rings. The summed E-state index contributed by atoms with van der Waals surface area (Å²) in [5.74, 6) is 0.680. The van der Waals surface area contributed by atoms with Crippen LogP contribution in [0.2, 0.25) is 0 Å². The number of hydrogen-bond acceptors (Lipinski definition) is 3. The van der Waals surface area contributed by atoms with Gasteiger partial charge in [0.2, 0.25) is 0 Å². The Hall–Kier alpha value is -7.62. The maximum absolute atomic E-state index is 6.59. The SMILES string of the molecule is c1ccc(-c2ccc(-c3cc(-c4cc(-c5ccc6ccc7ccccc7c6c5)nc(-c5ccccc5)n4)cc(-c4cccc5c4oc4ccccc45)c3)cc2)cc1. The standard InChI is InChI=1S/C54H34N2O/c1-3-12-35(13-4-1)36-22-24-37(25-23-36)42-30-43(46-19-11-20-48-47-18-9-10-21-52(47)57-53(46)48)32-44(31-42)51-34-50(55-54(56-51)40-15-5-2-6-16-40)41-29-28-39-27-26-38-14-7-8-17-45(38)49(39)33-41/h1-34H. The largest absolute Gasteiger partial charge is 0.455 e. The number of furan rings is 1. The molecule has 0 N–H and O–H groups in total. The van der Waals surface area contributed by atoms with E-state index in [4.69, 9.17) is 14.4 Å². The molecular formula is C54H34N2O. The molecule has 0 saturated heterocycles. The number of hydrogen-bond donors (Lipinski definition) is 0. The van der Waals surface area contributed by atoms with Crippen LogP contribution in [0.3, 0.4) is 0 Å². The molecule has 0 unspecified atom stereocenters. The highest BCUT2D eigenvalue weighted by molar-refractivity contribution is 6.10. The summed E-state index contributed by atoms with van der Waals surface area (Å²) in [6, 6.07) is 72.8. The van der Waals surface area contributed by atoms with Gasteiger partial charge in [0.25, 0.3) is 0 Å². The van der Waals surface area contributed by atoms with Crippen molar-refractivity contribution in [3.8, 4) is 67.3 Å². The van der Waals surface area contributed by atoms with Gasteiger partial charge in [-0.25, -0.2) is 9.97 Å². The Balaban J connectivity index is 1.13. The quantitative estimate of drug-likeness (QED) is 0.160. The van der Waals surface area contributed by atoms with Gasteiger partial charge in [-0.2, -0.15) is 0 Å². The van der Waals surface area contributed by atoms with Gasteiger partial charge >= 0.3 is 0 Å². The lowest BCUT2D eigenvalue weighted by atomic mass is 9.92. The highest BCUT2D eigenvalue weighted by Gasteiger charge is 2.17. The normalized spacial score (nSPS) is 11.5. The van der Waals surface area contributed by atoms with Crippen LogP contribution in [0.25, 0.3) is 111 Å². The topological polar surface area (TPSA) is 38.9 Å². The molecule has 2 heterocycles. The summed E-state index contributed by atoms with van der Waals surface area (Å²) in [7, 11) is 0. The van der Waals surface area contributed by atoms with Crippen LogP contribution in [0.15, 0.2) is 211 Å². The molecular weight excluding hydrogens is 693 g/mol. The van der Waals surface area contributed by atoms with Crippen molar-refractivity contribution >= 4 is 43.5 Å². The van der Waals surface area contributed by atoms with Crippen molar-refractivity contribution in [1.82, 2.24) is 9.97 Å². The minimum Gasteiger partial charge on any atom is -0.455 e. The second kappa shape index (κ2) is 13.6. The van der Waals surface area contributed by atoms with E-state index in [1.165, 1.54) is 32.7 Å². The first-order valence-corrected chi connectivity index (χ1v) is 19.3. The Morgan fingerprint density at radius 2 is 0.842 bits per heavy atom. The third kappa shape index (κ3) is 5.94. The lowest BCUT2D eigenvalue weighted by Crippen LogP contribution is -1.97. The predicted molar refractivity (Wildman–Crippen MR) is 237 cm³/mol. The number of para-hydroxylation sites is 2. The zero-order chi connectivity index (χ0) is 37.7. The molecule has 2 aromatic heterocycles. The van der Waals surface area contributed by atoms with Crippen molar-refractivity contribution in [2.24, 2.45) is 0 Å². The Bertz CT molecular complexity index is 3270. The lowest BCUT2D eigenvalue weighted by molar-refractivity contribution is 0.670. The summed E-state index contributed by atoms with van der Waals surface area (Å²) in [6.07, 6.45) is 0. The van der Waals surface area contributed by atoms with Crippen LogP contribution in [-0.4, -0.2) is 9.97 Å². The predicted octanol–water partition coefficient (Wildman–Crippen LogP) is 14.7. The lowest BCUT2D eigenvalue weighted by Gasteiger charge is -2.14. The number of fused-ring (bicyclic) bond motifs is 6. The molecule has 11 rings (SSSR count). The highest BCUT2D eigenvalue weighted by atomic mass is 16.3. The van der Waals surface area contributed by atoms with Gasteiger partial charge in [-0.3, -0.25) is 0 Å². The van der Waals surface area contributed by atoms with Gasteiger partial charge in [0, 0.05) is 33.0 Å². The van der Waals surface area contributed by atoms with Crippen molar-refractivity contribution in [3.63, 3.8) is 0 Å². The fraction of sp³-hybridized carbons (Fsp3) is 0. The monoisotopic (exact) mass is 726 g/mol. The molecule has 0 amide bonds. The van der Waals surface area contributed by atoms with E-state index < -0.39 is 0 Å². The number of benzene rings is 9. The maximum Gasteiger partial charge on any atom is 0.160 e. The van der Waals surface area contributed by atoms with Crippen LogP contribution >= 0.6 is 0 Å². The van der Waals surface area contributed by atoms with E-state index in [1.807, 2.05) is 30.3 Å². The molecule has 0 radical (unpaired) electrons. The smallest absolute Gasteiger partial charge is 0.160 e. The molecule has 9 aromatic carbocycles. The van der Waals surface area contributed by atoms with E-state index in [0.717, 1.165) is 72.3 Å². The third-order valence-electron chi connectivity index (χ3n) is 11.1. The summed E-state index contributed by atoms with van der Waals surface area (Å²) in [5, 5.41) is 7.06. The first-order chi connectivity index (χ1) is 28.2. The van der Waals surface area contributed by atoms with Crippen LogP contribution in [0, 0.1) is 0 Å². The van der Waals surface area contributed by atoms with Gasteiger partial charge in [0.1, 0.15) is 11.2 Å². The van der Waals surface area contributed by atoms with E-state index in [1.54, 1.807) is 0 Å². The Kier molecular flexibility index (Phi) is 7.82. The molecule has 3 nitrogen and oxygen atoms in total. The molecule has 266 valence electrons. The fourth-order valence-corrected chi connectivity index (χ4v) is 8.18. The minimum atomic E-state index is 0.680. The Morgan fingerprint density at radius 3 is 1.63 bits per heavy atom. The zero-order valence-corrected chi connectivity index (χ0v) is 30.9. The third-order valence-corrected chi connectivity index (χ3v) is 11.1. The van der Waals surface area contributed by atoms with Gasteiger partial charge in [0.05, 0.1) is 11.4 Å². The molecule has 0 atom stereocenters. The molecule has 0 aliphatic heterocycles.